The predicted octanol–water partition coefficient (Wildman–Crippen LogP) is 0.0341. The molecule has 2 saturated heterocycles. The molecular formula is C17H27N5O2. The van der Waals surface area contributed by atoms with E-state index >= 15 is 0 Å². The summed E-state index contributed by atoms with van der Waals surface area (Å²) in [5.41, 5.74) is 0. The molecule has 7 heteroatoms. The maximum Gasteiger partial charge on any atom is 0.223 e. The van der Waals surface area contributed by atoms with Crippen molar-refractivity contribution < 1.29 is 9.53 Å². The Hall–Kier alpha value is -1.86. The van der Waals surface area contributed by atoms with Crippen LogP contribution < -0.4 is 15.0 Å². The predicted molar refractivity (Wildman–Crippen MR) is 93.5 cm³/mol. The van der Waals surface area contributed by atoms with E-state index in [1.165, 1.54) is 0 Å². The van der Waals surface area contributed by atoms with E-state index < -0.39 is 0 Å². The zero-order valence-corrected chi connectivity index (χ0v) is 14.4. The molecule has 3 heterocycles. The van der Waals surface area contributed by atoms with Crippen molar-refractivity contribution >= 4 is 11.7 Å². The fraction of sp³-hybridized carbons (Fsp3) is 0.647. The number of anilines is 1. The Kier molecular flexibility index (Phi) is 5.87. The second-order valence-electron chi connectivity index (χ2n) is 6.26. The minimum absolute atomic E-state index is 0.286. The number of hydrogen-bond acceptors (Lipinski definition) is 6. The van der Waals surface area contributed by atoms with Crippen LogP contribution in [0.3, 0.4) is 0 Å². The highest BCUT2D eigenvalue weighted by molar-refractivity contribution is 5.76. The summed E-state index contributed by atoms with van der Waals surface area (Å²) >= 11 is 0. The number of aromatic nitrogens is 1. The van der Waals surface area contributed by atoms with Gasteiger partial charge in [-0.25, -0.2) is 4.98 Å². The first kappa shape index (κ1) is 17.0. The number of rotatable bonds is 5. The van der Waals surface area contributed by atoms with Crippen molar-refractivity contribution in [3.63, 3.8) is 0 Å². The van der Waals surface area contributed by atoms with Crippen molar-refractivity contribution in [3.8, 4) is 5.75 Å². The van der Waals surface area contributed by atoms with Gasteiger partial charge in [-0.1, -0.05) is 0 Å². The van der Waals surface area contributed by atoms with Gasteiger partial charge in [0.2, 0.25) is 5.91 Å². The monoisotopic (exact) mass is 333 g/mol. The maximum absolute atomic E-state index is 12.2. The largest absolute Gasteiger partial charge is 0.497 e. The molecular weight excluding hydrogens is 306 g/mol. The molecule has 1 aromatic heterocycles. The molecule has 24 heavy (non-hydrogen) atoms. The molecule has 0 aromatic carbocycles. The van der Waals surface area contributed by atoms with E-state index in [9.17, 15) is 4.79 Å². The minimum atomic E-state index is 0.286. The molecule has 1 amide bonds. The molecule has 0 spiro atoms. The summed E-state index contributed by atoms with van der Waals surface area (Å²) in [6.45, 7) is 8.16. The lowest BCUT2D eigenvalue weighted by Gasteiger charge is -2.36. The van der Waals surface area contributed by atoms with Crippen LogP contribution in [0.5, 0.6) is 5.75 Å². The lowest BCUT2D eigenvalue weighted by molar-refractivity contribution is -0.132. The summed E-state index contributed by atoms with van der Waals surface area (Å²) < 4.78 is 5.27. The number of piperazine rings is 2. The van der Waals surface area contributed by atoms with E-state index in [4.69, 9.17) is 4.74 Å². The quantitative estimate of drug-likeness (QED) is 0.821. The lowest BCUT2D eigenvalue weighted by atomic mass is 10.2. The number of amides is 1. The van der Waals surface area contributed by atoms with Crippen LogP contribution in [0.2, 0.25) is 0 Å². The van der Waals surface area contributed by atoms with Crippen molar-refractivity contribution in [2.75, 3.05) is 70.9 Å². The van der Waals surface area contributed by atoms with E-state index in [1.54, 1.807) is 13.3 Å². The van der Waals surface area contributed by atoms with Gasteiger partial charge in [0.15, 0.2) is 0 Å². The molecule has 2 aliphatic heterocycles. The second kappa shape index (κ2) is 8.30. The average molecular weight is 333 g/mol. The molecule has 1 N–H and O–H groups in total. The van der Waals surface area contributed by atoms with E-state index in [-0.39, 0.29) is 5.91 Å². The SMILES string of the molecule is COc1ccnc(N2CCN(CCC(=O)N3CCNCC3)CC2)c1. The highest BCUT2D eigenvalue weighted by Crippen LogP contribution is 2.19. The van der Waals surface area contributed by atoms with Gasteiger partial charge in [0.25, 0.3) is 0 Å². The number of nitrogens with one attached hydrogen (secondary N) is 1. The Bertz CT molecular complexity index is 540. The Labute approximate surface area is 143 Å². The minimum Gasteiger partial charge on any atom is -0.497 e. The second-order valence-corrected chi connectivity index (χ2v) is 6.26. The highest BCUT2D eigenvalue weighted by atomic mass is 16.5. The number of ether oxygens (including phenoxy) is 1. The van der Waals surface area contributed by atoms with Crippen LogP contribution in [0.25, 0.3) is 0 Å². The summed E-state index contributed by atoms with van der Waals surface area (Å²) in [4.78, 5) is 23.3. The molecule has 2 aliphatic rings. The van der Waals surface area contributed by atoms with Gasteiger partial charge in [0, 0.05) is 77.6 Å². The Morgan fingerprint density at radius 2 is 1.96 bits per heavy atom. The van der Waals surface area contributed by atoms with Gasteiger partial charge in [-0.05, 0) is 6.07 Å². The number of pyridine rings is 1. The number of nitrogens with zero attached hydrogens (tertiary/aromatic N) is 4. The number of hydrogen-bond donors (Lipinski definition) is 1. The Morgan fingerprint density at radius 1 is 1.21 bits per heavy atom. The zero-order chi connectivity index (χ0) is 16.8. The van der Waals surface area contributed by atoms with Crippen molar-refractivity contribution in [2.24, 2.45) is 0 Å². The van der Waals surface area contributed by atoms with Crippen LogP contribution in [-0.2, 0) is 4.79 Å². The first-order chi connectivity index (χ1) is 11.8. The van der Waals surface area contributed by atoms with Gasteiger partial charge >= 0.3 is 0 Å². The van der Waals surface area contributed by atoms with E-state index in [2.05, 4.69) is 20.1 Å². The van der Waals surface area contributed by atoms with Gasteiger partial charge in [0.05, 0.1) is 7.11 Å². The molecule has 0 unspecified atom stereocenters. The first-order valence-corrected chi connectivity index (χ1v) is 8.72. The maximum atomic E-state index is 12.2. The van der Waals surface area contributed by atoms with E-state index in [1.807, 2.05) is 17.0 Å². The first-order valence-electron chi connectivity index (χ1n) is 8.72. The van der Waals surface area contributed by atoms with Crippen molar-refractivity contribution in [1.82, 2.24) is 20.1 Å². The van der Waals surface area contributed by atoms with E-state index in [0.717, 1.165) is 70.5 Å². The van der Waals surface area contributed by atoms with Crippen LogP contribution in [-0.4, -0.2) is 86.7 Å². The molecule has 1 aromatic rings. The van der Waals surface area contributed by atoms with Crippen molar-refractivity contribution in [2.45, 2.75) is 6.42 Å². The third kappa shape index (κ3) is 4.36. The Balaban J connectivity index is 1.42. The molecule has 0 radical (unpaired) electrons. The van der Waals surface area contributed by atoms with Gasteiger partial charge in [-0.2, -0.15) is 0 Å². The molecule has 0 bridgehead atoms. The lowest BCUT2D eigenvalue weighted by Crippen LogP contribution is -2.49. The number of carbonyl (C=O) groups is 1. The molecule has 2 fully saturated rings. The van der Waals surface area contributed by atoms with Crippen LogP contribution in [0.4, 0.5) is 5.82 Å². The van der Waals surface area contributed by atoms with Gasteiger partial charge in [0.1, 0.15) is 11.6 Å². The summed E-state index contributed by atoms with van der Waals surface area (Å²) in [6.07, 6.45) is 2.41. The zero-order valence-electron chi connectivity index (χ0n) is 14.4. The fourth-order valence-electron chi connectivity index (χ4n) is 3.23. The summed E-state index contributed by atoms with van der Waals surface area (Å²) in [5, 5.41) is 3.28. The van der Waals surface area contributed by atoms with Gasteiger partial charge in [-0.3, -0.25) is 9.69 Å². The molecule has 0 atom stereocenters. The van der Waals surface area contributed by atoms with Crippen molar-refractivity contribution in [1.29, 1.82) is 0 Å². The summed E-state index contributed by atoms with van der Waals surface area (Å²) in [6, 6.07) is 3.84. The van der Waals surface area contributed by atoms with Gasteiger partial charge in [-0.15, -0.1) is 0 Å². The summed E-state index contributed by atoms with van der Waals surface area (Å²) in [7, 11) is 1.67. The molecule has 7 nitrogen and oxygen atoms in total. The third-order valence-corrected chi connectivity index (χ3v) is 4.76. The molecule has 132 valence electrons. The van der Waals surface area contributed by atoms with Gasteiger partial charge < -0.3 is 19.9 Å². The number of carbonyl (C=O) groups excluding carboxylic acids is 1. The fourth-order valence-corrected chi connectivity index (χ4v) is 3.23. The normalized spacial score (nSPS) is 19.4. The topological polar surface area (TPSA) is 60.9 Å². The molecule has 0 saturated carbocycles. The van der Waals surface area contributed by atoms with Crippen molar-refractivity contribution in [3.05, 3.63) is 18.3 Å². The van der Waals surface area contributed by atoms with Crippen LogP contribution in [0, 0.1) is 0 Å². The molecule has 3 rings (SSSR count). The van der Waals surface area contributed by atoms with Crippen LogP contribution in [0.1, 0.15) is 6.42 Å². The smallest absolute Gasteiger partial charge is 0.223 e. The van der Waals surface area contributed by atoms with Crippen LogP contribution >= 0.6 is 0 Å². The summed E-state index contributed by atoms with van der Waals surface area (Å²) in [5.74, 6) is 2.09. The molecule has 0 aliphatic carbocycles. The average Bonchev–Trinajstić information content (AvgIpc) is 2.67. The highest BCUT2D eigenvalue weighted by Gasteiger charge is 2.21. The van der Waals surface area contributed by atoms with E-state index in [0.29, 0.717) is 6.42 Å². The standard InChI is InChI=1S/C17H27N5O2/c1-24-15-2-4-19-16(14-15)21-12-10-20(11-13-21)7-3-17(23)22-8-5-18-6-9-22/h2,4,14,18H,3,5-13H2,1H3. The number of methoxy groups -OCH3 is 1. The third-order valence-electron chi connectivity index (χ3n) is 4.76. The Morgan fingerprint density at radius 3 is 2.67 bits per heavy atom. The van der Waals surface area contributed by atoms with Crippen LogP contribution in [0.15, 0.2) is 18.3 Å².